The molecule has 20 heavy (non-hydrogen) atoms. The van der Waals surface area contributed by atoms with Crippen LogP contribution in [0, 0.1) is 0 Å². The first-order valence-corrected chi connectivity index (χ1v) is 5.68. The Morgan fingerprint density at radius 2 is 1.80 bits per heavy atom. The Hall–Kier alpha value is -2.00. The van der Waals surface area contributed by atoms with E-state index in [9.17, 15) is 27.6 Å². The summed E-state index contributed by atoms with van der Waals surface area (Å²) in [6, 6.07) is -3.58. The predicted molar refractivity (Wildman–Crippen MR) is 58.0 cm³/mol. The maximum absolute atomic E-state index is 12.3. The molecule has 114 valence electrons. The third-order valence-corrected chi connectivity index (χ3v) is 2.57. The molecule has 0 aromatic heterocycles. The quantitative estimate of drug-likeness (QED) is 0.667. The van der Waals surface area contributed by atoms with Gasteiger partial charge in [0.05, 0.1) is 6.42 Å². The van der Waals surface area contributed by atoms with E-state index in [1.807, 2.05) is 0 Å². The Kier molecular flexibility index (Phi) is 4.79. The van der Waals surface area contributed by atoms with Crippen molar-refractivity contribution >= 4 is 18.0 Å². The van der Waals surface area contributed by atoms with Gasteiger partial charge in [-0.05, 0) is 12.8 Å². The number of nitrogens with one attached hydrogen (secondary N) is 1. The molecule has 1 aliphatic rings. The average Bonchev–Trinajstić information content (AvgIpc) is 3.06. The van der Waals surface area contributed by atoms with Crippen molar-refractivity contribution in [3.8, 4) is 0 Å². The molecule has 1 aliphatic carbocycles. The highest BCUT2D eigenvalue weighted by molar-refractivity contribution is 5.86. The van der Waals surface area contributed by atoms with Gasteiger partial charge in [0.2, 0.25) is 0 Å². The van der Waals surface area contributed by atoms with Crippen LogP contribution in [0.5, 0.6) is 0 Å². The lowest BCUT2D eigenvalue weighted by Gasteiger charge is -2.25. The first kappa shape index (κ1) is 16.1. The van der Waals surface area contributed by atoms with Crippen LogP contribution in [0.4, 0.5) is 18.0 Å². The summed E-state index contributed by atoms with van der Waals surface area (Å²) in [4.78, 5) is 33.3. The minimum atomic E-state index is -4.61. The van der Waals surface area contributed by atoms with Crippen molar-refractivity contribution in [1.82, 2.24) is 10.2 Å². The van der Waals surface area contributed by atoms with Gasteiger partial charge in [-0.15, -0.1) is 0 Å². The number of carboxylic acid groups (broad SMARTS) is 2. The fraction of sp³-hybridized carbons (Fsp3) is 0.700. The van der Waals surface area contributed by atoms with Crippen LogP contribution in [0.15, 0.2) is 0 Å². The van der Waals surface area contributed by atoms with Gasteiger partial charge in [-0.3, -0.25) is 4.79 Å². The van der Waals surface area contributed by atoms with Crippen molar-refractivity contribution in [2.45, 2.75) is 37.5 Å². The number of aliphatic carboxylic acids is 2. The summed E-state index contributed by atoms with van der Waals surface area (Å²) in [6.07, 6.45) is -4.71. The summed E-state index contributed by atoms with van der Waals surface area (Å²) < 4.78 is 37.0. The van der Waals surface area contributed by atoms with E-state index >= 15 is 0 Å². The molecule has 0 saturated heterocycles. The number of hydrogen-bond donors (Lipinski definition) is 3. The van der Waals surface area contributed by atoms with Crippen molar-refractivity contribution < 1.29 is 37.8 Å². The number of rotatable bonds is 6. The van der Waals surface area contributed by atoms with E-state index in [4.69, 9.17) is 10.2 Å². The zero-order valence-electron chi connectivity index (χ0n) is 10.2. The fourth-order valence-electron chi connectivity index (χ4n) is 1.55. The molecular formula is C10H13F3N2O5. The maximum atomic E-state index is 12.3. The van der Waals surface area contributed by atoms with Crippen molar-refractivity contribution in [1.29, 1.82) is 0 Å². The predicted octanol–water partition coefficient (Wildman–Crippen LogP) is 0.651. The molecule has 0 aromatic rings. The van der Waals surface area contributed by atoms with Gasteiger partial charge in [0.1, 0.15) is 12.6 Å². The van der Waals surface area contributed by atoms with E-state index in [0.717, 1.165) is 0 Å². The fourth-order valence-corrected chi connectivity index (χ4v) is 1.55. The normalized spacial score (nSPS) is 16.4. The molecule has 0 spiro atoms. The number of urea groups is 1. The van der Waals surface area contributed by atoms with Crippen LogP contribution in [-0.4, -0.2) is 57.9 Å². The molecule has 0 bridgehead atoms. The van der Waals surface area contributed by atoms with Crippen molar-refractivity contribution in [2.24, 2.45) is 0 Å². The van der Waals surface area contributed by atoms with E-state index in [-0.39, 0.29) is 0 Å². The van der Waals surface area contributed by atoms with E-state index < -0.39 is 49.2 Å². The lowest BCUT2D eigenvalue weighted by atomic mass is 10.2. The number of carbonyl (C=O) groups excluding carboxylic acids is 1. The minimum Gasteiger partial charge on any atom is -0.481 e. The molecule has 0 radical (unpaired) electrons. The molecule has 1 fully saturated rings. The molecule has 10 heteroatoms. The highest BCUT2D eigenvalue weighted by Gasteiger charge is 2.41. The zero-order chi connectivity index (χ0) is 15.5. The Labute approximate surface area is 111 Å². The largest absolute Gasteiger partial charge is 0.481 e. The molecule has 0 heterocycles. The van der Waals surface area contributed by atoms with Crippen molar-refractivity contribution in [2.75, 3.05) is 6.54 Å². The average molecular weight is 298 g/mol. The third-order valence-electron chi connectivity index (χ3n) is 2.57. The highest BCUT2D eigenvalue weighted by atomic mass is 19.4. The molecule has 1 atom stereocenters. The number of alkyl halides is 3. The zero-order valence-corrected chi connectivity index (χ0v) is 10.2. The first-order valence-electron chi connectivity index (χ1n) is 5.68. The SMILES string of the molecule is O=C(O)C[C@@H](NC(=O)N(CC(F)(F)F)C1CC1)C(=O)O. The minimum absolute atomic E-state index is 0.403. The Morgan fingerprint density at radius 3 is 2.15 bits per heavy atom. The van der Waals surface area contributed by atoms with Crippen molar-refractivity contribution in [3.63, 3.8) is 0 Å². The van der Waals surface area contributed by atoms with Crippen molar-refractivity contribution in [3.05, 3.63) is 0 Å². The second-order valence-electron chi connectivity index (χ2n) is 4.41. The van der Waals surface area contributed by atoms with Gasteiger partial charge in [-0.1, -0.05) is 0 Å². The summed E-state index contributed by atoms with van der Waals surface area (Å²) in [5.41, 5.74) is 0. The van der Waals surface area contributed by atoms with Crippen LogP contribution in [0.3, 0.4) is 0 Å². The summed E-state index contributed by atoms with van der Waals surface area (Å²) in [6.45, 7) is -1.50. The number of hydrogen-bond acceptors (Lipinski definition) is 3. The molecule has 3 N–H and O–H groups in total. The standard InChI is InChI=1S/C10H13F3N2O5/c11-10(12,13)4-15(5-1-2-5)9(20)14-6(8(18)19)3-7(16)17/h5-6H,1-4H2,(H,14,20)(H,16,17)(H,18,19)/t6-/m1/s1. The van der Waals surface area contributed by atoms with Crippen LogP contribution in [-0.2, 0) is 9.59 Å². The Morgan fingerprint density at radius 1 is 1.25 bits per heavy atom. The van der Waals surface area contributed by atoms with E-state index in [2.05, 4.69) is 0 Å². The molecule has 1 saturated carbocycles. The van der Waals surface area contributed by atoms with Gasteiger partial charge in [0.15, 0.2) is 0 Å². The van der Waals surface area contributed by atoms with Gasteiger partial charge in [0.25, 0.3) is 0 Å². The van der Waals surface area contributed by atoms with Gasteiger partial charge in [0, 0.05) is 6.04 Å². The number of amides is 2. The molecule has 2 amide bonds. The molecule has 0 aliphatic heterocycles. The topological polar surface area (TPSA) is 107 Å². The second kappa shape index (κ2) is 5.97. The number of carbonyl (C=O) groups is 3. The van der Waals surface area contributed by atoms with Gasteiger partial charge >= 0.3 is 24.1 Å². The van der Waals surface area contributed by atoms with Crippen LogP contribution in [0.25, 0.3) is 0 Å². The van der Waals surface area contributed by atoms with Crippen LogP contribution in [0.1, 0.15) is 19.3 Å². The number of nitrogens with zero attached hydrogens (tertiary/aromatic N) is 1. The molecule has 1 rings (SSSR count). The van der Waals surface area contributed by atoms with Crippen LogP contribution < -0.4 is 5.32 Å². The van der Waals surface area contributed by atoms with Crippen LogP contribution >= 0.6 is 0 Å². The van der Waals surface area contributed by atoms with Gasteiger partial charge < -0.3 is 20.4 Å². The summed E-state index contributed by atoms with van der Waals surface area (Å²) in [7, 11) is 0. The molecule has 0 unspecified atom stereocenters. The molecular weight excluding hydrogens is 285 g/mol. The summed E-state index contributed by atoms with van der Waals surface area (Å²) in [5, 5.41) is 19.0. The Balaban J connectivity index is 2.69. The molecule has 0 aromatic carbocycles. The summed E-state index contributed by atoms with van der Waals surface area (Å²) >= 11 is 0. The van der Waals surface area contributed by atoms with Gasteiger partial charge in [-0.2, -0.15) is 13.2 Å². The molecule has 7 nitrogen and oxygen atoms in total. The van der Waals surface area contributed by atoms with E-state index in [0.29, 0.717) is 17.7 Å². The lowest BCUT2D eigenvalue weighted by molar-refractivity contribution is -0.146. The summed E-state index contributed by atoms with van der Waals surface area (Å²) in [5.74, 6) is -3.10. The van der Waals surface area contributed by atoms with E-state index in [1.165, 1.54) is 0 Å². The first-order chi connectivity index (χ1) is 9.10. The van der Waals surface area contributed by atoms with E-state index in [1.54, 1.807) is 5.32 Å². The smallest absolute Gasteiger partial charge is 0.406 e. The van der Waals surface area contributed by atoms with Crippen LogP contribution in [0.2, 0.25) is 0 Å². The second-order valence-corrected chi connectivity index (χ2v) is 4.41. The maximum Gasteiger partial charge on any atom is 0.406 e. The number of carboxylic acids is 2. The monoisotopic (exact) mass is 298 g/mol. The highest BCUT2D eigenvalue weighted by Crippen LogP contribution is 2.30. The number of halogens is 3. The third kappa shape index (κ3) is 5.33. The lowest BCUT2D eigenvalue weighted by Crippen LogP contribution is -2.51. The Bertz CT molecular complexity index is 408. The van der Waals surface area contributed by atoms with Gasteiger partial charge in [-0.25, -0.2) is 9.59 Å².